The number of rotatable bonds is 5. The second-order valence-electron chi connectivity index (χ2n) is 4.40. The summed E-state index contributed by atoms with van der Waals surface area (Å²) in [6.45, 7) is 1.50. The largest absolute Gasteiger partial charge is 0.382 e. The number of aromatic nitrogens is 2. The second-order valence-corrected chi connectivity index (χ2v) is 4.40. The van der Waals surface area contributed by atoms with Gasteiger partial charge in [-0.1, -0.05) is 18.2 Å². The average Bonchev–Trinajstić information content (AvgIpc) is 2.74. The molecule has 0 amide bonds. The highest BCUT2D eigenvalue weighted by Crippen LogP contribution is 2.09. The normalized spacial score (nSPS) is 11.1. The molecule has 4 nitrogen and oxygen atoms in total. The van der Waals surface area contributed by atoms with Crippen LogP contribution in [0.15, 0.2) is 30.3 Å². The average molecular weight is 248 g/mol. The summed E-state index contributed by atoms with van der Waals surface area (Å²) >= 11 is 0. The molecule has 5 heteroatoms. The third-order valence-electron chi connectivity index (χ3n) is 2.81. The van der Waals surface area contributed by atoms with Crippen LogP contribution in [-0.4, -0.2) is 28.7 Å². The number of nitrogen functional groups attached to an aromatic ring is 1. The van der Waals surface area contributed by atoms with Crippen LogP contribution in [-0.2, 0) is 13.0 Å². The van der Waals surface area contributed by atoms with Gasteiger partial charge in [0.15, 0.2) is 0 Å². The van der Waals surface area contributed by atoms with Gasteiger partial charge in [-0.2, -0.15) is 5.10 Å². The summed E-state index contributed by atoms with van der Waals surface area (Å²) in [5, 5.41) is 6.72. The van der Waals surface area contributed by atoms with E-state index in [9.17, 15) is 4.39 Å². The lowest BCUT2D eigenvalue weighted by molar-refractivity contribution is 0.325. The van der Waals surface area contributed by atoms with Crippen molar-refractivity contribution in [1.82, 2.24) is 15.1 Å². The first-order valence-corrected chi connectivity index (χ1v) is 5.87. The van der Waals surface area contributed by atoms with Crippen LogP contribution in [0.5, 0.6) is 0 Å². The van der Waals surface area contributed by atoms with Gasteiger partial charge in [0, 0.05) is 19.2 Å². The Morgan fingerprint density at radius 3 is 2.83 bits per heavy atom. The van der Waals surface area contributed by atoms with Gasteiger partial charge in [-0.3, -0.25) is 5.10 Å². The molecule has 0 bridgehead atoms. The molecule has 0 saturated heterocycles. The molecule has 1 heterocycles. The van der Waals surface area contributed by atoms with Crippen LogP contribution in [0.4, 0.5) is 10.2 Å². The smallest absolute Gasteiger partial charge is 0.145 e. The van der Waals surface area contributed by atoms with Crippen molar-refractivity contribution in [3.63, 3.8) is 0 Å². The van der Waals surface area contributed by atoms with Crippen LogP contribution in [0.2, 0.25) is 0 Å². The molecular formula is C13H17FN4. The Balaban J connectivity index is 1.85. The molecule has 0 aliphatic heterocycles. The van der Waals surface area contributed by atoms with E-state index in [1.807, 2.05) is 19.2 Å². The van der Waals surface area contributed by atoms with Crippen molar-refractivity contribution in [2.45, 2.75) is 13.0 Å². The number of nitrogens with one attached hydrogen (secondary N) is 1. The SMILES string of the molecule is CN(CCc1ccccc1F)Cc1cc(N)n[nH]1. The summed E-state index contributed by atoms with van der Waals surface area (Å²) in [5.41, 5.74) is 7.23. The van der Waals surface area contributed by atoms with Crippen LogP contribution in [0.1, 0.15) is 11.3 Å². The zero-order valence-corrected chi connectivity index (χ0v) is 10.4. The number of anilines is 1. The summed E-state index contributed by atoms with van der Waals surface area (Å²) in [6.07, 6.45) is 0.687. The quantitative estimate of drug-likeness (QED) is 0.848. The number of nitrogens with zero attached hydrogens (tertiary/aromatic N) is 2. The van der Waals surface area contributed by atoms with Crippen LogP contribution in [0, 0.1) is 5.82 Å². The number of nitrogens with two attached hydrogens (primary N) is 1. The number of likely N-dealkylation sites (N-methyl/N-ethyl adjacent to an activating group) is 1. The van der Waals surface area contributed by atoms with Crippen molar-refractivity contribution >= 4 is 5.82 Å². The van der Waals surface area contributed by atoms with Crippen LogP contribution in [0.25, 0.3) is 0 Å². The molecule has 2 rings (SSSR count). The Hall–Kier alpha value is -1.88. The summed E-state index contributed by atoms with van der Waals surface area (Å²) in [6, 6.07) is 8.67. The molecule has 1 aromatic carbocycles. The number of hydrogen-bond acceptors (Lipinski definition) is 3. The standard InChI is InChI=1S/C13H17FN4/c1-18(9-11-8-13(15)17-16-11)7-6-10-4-2-3-5-12(10)14/h2-5,8H,6-7,9H2,1H3,(H3,15,16,17). The minimum Gasteiger partial charge on any atom is -0.382 e. The molecule has 0 radical (unpaired) electrons. The molecule has 3 N–H and O–H groups in total. The third kappa shape index (κ3) is 3.30. The minimum atomic E-state index is -0.142. The summed E-state index contributed by atoms with van der Waals surface area (Å²) in [5.74, 6) is 0.351. The molecule has 0 spiro atoms. The summed E-state index contributed by atoms with van der Waals surface area (Å²) in [4.78, 5) is 2.10. The van der Waals surface area contributed by atoms with Gasteiger partial charge in [0.25, 0.3) is 0 Å². The summed E-state index contributed by atoms with van der Waals surface area (Å²) < 4.78 is 13.4. The molecule has 0 atom stereocenters. The Labute approximate surface area is 106 Å². The van der Waals surface area contributed by atoms with Gasteiger partial charge in [-0.25, -0.2) is 4.39 Å². The van der Waals surface area contributed by atoms with E-state index in [0.717, 1.165) is 24.3 Å². The maximum Gasteiger partial charge on any atom is 0.145 e. The predicted octanol–water partition coefficient (Wildman–Crippen LogP) is 1.81. The van der Waals surface area contributed by atoms with Gasteiger partial charge < -0.3 is 10.6 Å². The van der Waals surface area contributed by atoms with Crippen molar-refractivity contribution in [3.05, 3.63) is 47.4 Å². The number of aromatic amines is 1. The van der Waals surface area contributed by atoms with Crippen LogP contribution in [0.3, 0.4) is 0 Å². The fourth-order valence-corrected chi connectivity index (χ4v) is 1.84. The first kappa shape index (κ1) is 12.6. The van der Waals surface area contributed by atoms with Crippen LogP contribution < -0.4 is 5.73 Å². The zero-order valence-electron chi connectivity index (χ0n) is 10.4. The number of hydrogen-bond donors (Lipinski definition) is 2. The van der Waals surface area contributed by atoms with E-state index >= 15 is 0 Å². The highest BCUT2D eigenvalue weighted by atomic mass is 19.1. The number of halogens is 1. The minimum absolute atomic E-state index is 0.142. The topological polar surface area (TPSA) is 57.9 Å². The van der Waals surface area contributed by atoms with E-state index in [1.165, 1.54) is 6.07 Å². The van der Waals surface area contributed by atoms with Gasteiger partial charge in [-0.15, -0.1) is 0 Å². The van der Waals surface area contributed by atoms with E-state index in [-0.39, 0.29) is 5.82 Å². The lowest BCUT2D eigenvalue weighted by Crippen LogP contribution is -2.21. The van der Waals surface area contributed by atoms with Gasteiger partial charge in [-0.05, 0) is 25.1 Å². The fraction of sp³-hybridized carbons (Fsp3) is 0.308. The molecule has 18 heavy (non-hydrogen) atoms. The van der Waals surface area contributed by atoms with Gasteiger partial charge in [0.05, 0.1) is 5.69 Å². The Bertz CT molecular complexity index is 509. The van der Waals surface area contributed by atoms with E-state index < -0.39 is 0 Å². The van der Waals surface area contributed by atoms with Gasteiger partial charge in [0.1, 0.15) is 11.6 Å². The van der Waals surface area contributed by atoms with Crippen molar-refractivity contribution in [2.24, 2.45) is 0 Å². The maximum atomic E-state index is 13.4. The lowest BCUT2D eigenvalue weighted by atomic mass is 10.1. The molecule has 0 aliphatic rings. The van der Waals surface area contributed by atoms with Crippen molar-refractivity contribution in [3.8, 4) is 0 Å². The monoisotopic (exact) mass is 248 g/mol. The molecule has 1 aromatic heterocycles. The van der Waals surface area contributed by atoms with E-state index in [2.05, 4.69) is 15.1 Å². The molecule has 0 unspecified atom stereocenters. The first-order chi connectivity index (χ1) is 8.65. The van der Waals surface area contributed by atoms with E-state index in [1.54, 1.807) is 12.1 Å². The number of H-pyrrole nitrogens is 1. The van der Waals surface area contributed by atoms with E-state index in [0.29, 0.717) is 12.2 Å². The predicted molar refractivity (Wildman–Crippen MR) is 69.4 cm³/mol. The van der Waals surface area contributed by atoms with Gasteiger partial charge in [0.2, 0.25) is 0 Å². The fourth-order valence-electron chi connectivity index (χ4n) is 1.84. The van der Waals surface area contributed by atoms with Crippen molar-refractivity contribution in [1.29, 1.82) is 0 Å². The Kier molecular flexibility index (Phi) is 3.94. The number of benzene rings is 1. The lowest BCUT2D eigenvalue weighted by Gasteiger charge is -2.15. The molecular weight excluding hydrogens is 231 g/mol. The molecule has 0 saturated carbocycles. The Morgan fingerprint density at radius 1 is 1.39 bits per heavy atom. The third-order valence-corrected chi connectivity index (χ3v) is 2.81. The zero-order chi connectivity index (χ0) is 13.0. The van der Waals surface area contributed by atoms with Gasteiger partial charge >= 0.3 is 0 Å². The molecule has 0 aliphatic carbocycles. The maximum absolute atomic E-state index is 13.4. The second kappa shape index (κ2) is 5.64. The molecule has 0 fully saturated rings. The van der Waals surface area contributed by atoms with Crippen molar-refractivity contribution < 1.29 is 4.39 Å². The summed E-state index contributed by atoms with van der Waals surface area (Å²) in [7, 11) is 1.98. The molecule has 96 valence electrons. The van der Waals surface area contributed by atoms with E-state index in [4.69, 9.17) is 5.73 Å². The molecule has 2 aromatic rings. The first-order valence-electron chi connectivity index (χ1n) is 5.87. The highest BCUT2D eigenvalue weighted by molar-refractivity contribution is 5.28. The Morgan fingerprint density at radius 2 is 2.17 bits per heavy atom. The van der Waals surface area contributed by atoms with Crippen LogP contribution >= 0.6 is 0 Å². The highest BCUT2D eigenvalue weighted by Gasteiger charge is 2.05. The van der Waals surface area contributed by atoms with Crippen molar-refractivity contribution in [2.75, 3.05) is 19.3 Å².